The van der Waals surface area contributed by atoms with Crippen molar-refractivity contribution in [2.24, 2.45) is 0 Å². The van der Waals surface area contributed by atoms with E-state index in [9.17, 15) is 10.2 Å². The molecule has 1 aromatic carbocycles. The minimum Gasteiger partial charge on any atom is -0.394 e. The summed E-state index contributed by atoms with van der Waals surface area (Å²) in [5.74, 6) is 1.35. The van der Waals surface area contributed by atoms with E-state index >= 15 is 0 Å². The van der Waals surface area contributed by atoms with E-state index in [-0.39, 0.29) is 12.8 Å². The van der Waals surface area contributed by atoms with E-state index in [2.05, 4.69) is 39.7 Å². The Balaban J connectivity index is 1.79. The second-order valence-corrected chi connectivity index (χ2v) is 6.68. The van der Waals surface area contributed by atoms with Gasteiger partial charge in [-0.15, -0.1) is 0 Å². The SMILES string of the molecule is CNc1c(NCc2ccccc2C)ncnc1N(C)C1C[C@H](O)C(CO)O1. The van der Waals surface area contributed by atoms with Crippen LogP contribution in [0.15, 0.2) is 30.6 Å². The van der Waals surface area contributed by atoms with E-state index < -0.39 is 12.2 Å². The van der Waals surface area contributed by atoms with E-state index in [0.29, 0.717) is 24.6 Å². The topological polar surface area (TPSA) is 103 Å². The summed E-state index contributed by atoms with van der Waals surface area (Å²) in [7, 11) is 3.67. The van der Waals surface area contributed by atoms with Crippen LogP contribution in [-0.2, 0) is 11.3 Å². The van der Waals surface area contributed by atoms with Crippen molar-refractivity contribution < 1.29 is 14.9 Å². The predicted molar refractivity (Wildman–Crippen MR) is 105 cm³/mol. The number of benzene rings is 1. The molecule has 2 unspecified atom stereocenters. The van der Waals surface area contributed by atoms with E-state index in [1.165, 1.54) is 17.5 Å². The molecule has 2 heterocycles. The second kappa shape index (κ2) is 8.51. The Morgan fingerprint density at radius 1 is 1.30 bits per heavy atom. The van der Waals surface area contributed by atoms with Gasteiger partial charge in [0, 0.05) is 27.1 Å². The van der Waals surface area contributed by atoms with Gasteiger partial charge in [-0.05, 0) is 18.1 Å². The van der Waals surface area contributed by atoms with Gasteiger partial charge in [0.1, 0.15) is 24.3 Å². The molecule has 3 rings (SSSR count). The number of hydrogen-bond donors (Lipinski definition) is 4. The number of nitrogens with one attached hydrogen (secondary N) is 2. The van der Waals surface area contributed by atoms with Crippen molar-refractivity contribution in [3.05, 3.63) is 41.7 Å². The lowest BCUT2D eigenvalue weighted by atomic mass is 10.1. The monoisotopic (exact) mass is 373 g/mol. The van der Waals surface area contributed by atoms with Gasteiger partial charge in [0.05, 0.1) is 12.7 Å². The number of hydrogen-bond acceptors (Lipinski definition) is 8. The summed E-state index contributed by atoms with van der Waals surface area (Å²) in [6.07, 6.45) is 0.267. The highest BCUT2D eigenvalue weighted by Gasteiger charge is 2.36. The number of nitrogens with zero attached hydrogens (tertiary/aromatic N) is 3. The summed E-state index contributed by atoms with van der Waals surface area (Å²) < 4.78 is 5.74. The molecule has 3 atom stereocenters. The Morgan fingerprint density at radius 3 is 2.74 bits per heavy atom. The van der Waals surface area contributed by atoms with Crippen LogP contribution in [0.2, 0.25) is 0 Å². The third-order valence-electron chi connectivity index (χ3n) is 4.93. The van der Waals surface area contributed by atoms with Gasteiger partial charge in [-0.2, -0.15) is 0 Å². The molecule has 1 aromatic heterocycles. The summed E-state index contributed by atoms with van der Waals surface area (Å²) in [6, 6.07) is 8.20. The second-order valence-electron chi connectivity index (χ2n) is 6.68. The number of aryl methyl sites for hydroxylation is 1. The first-order chi connectivity index (χ1) is 13.0. The standard InChI is InChI=1S/C19H27N5O3/c1-12-6-4-5-7-13(12)9-21-18-17(20-2)19(23-11-22-18)24(3)16-8-14(26)15(10-25)27-16/h4-7,11,14-16,20,25-26H,8-10H2,1-3H3,(H,21,22,23)/t14-,15?,16?/m0/s1. The first-order valence-electron chi connectivity index (χ1n) is 9.03. The van der Waals surface area contributed by atoms with Crippen LogP contribution >= 0.6 is 0 Å². The minimum atomic E-state index is -0.694. The average molecular weight is 373 g/mol. The number of anilines is 3. The Labute approximate surface area is 159 Å². The molecule has 1 fully saturated rings. The van der Waals surface area contributed by atoms with E-state index in [1.807, 2.05) is 31.1 Å². The molecule has 0 amide bonds. The van der Waals surface area contributed by atoms with Gasteiger partial charge >= 0.3 is 0 Å². The Morgan fingerprint density at radius 2 is 2.07 bits per heavy atom. The van der Waals surface area contributed by atoms with Crippen molar-refractivity contribution in [2.45, 2.75) is 38.3 Å². The lowest BCUT2D eigenvalue weighted by Crippen LogP contribution is -2.33. The lowest BCUT2D eigenvalue weighted by molar-refractivity contribution is -0.0212. The highest BCUT2D eigenvalue weighted by molar-refractivity contribution is 5.77. The van der Waals surface area contributed by atoms with Gasteiger partial charge in [0.15, 0.2) is 11.6 Å². The number of aliphatic hydroxyl groups excluding tert-OH is 2. The zero-order chi connectivity index (χ0) is 19.4. The highest BCUT2D eigenvalue weighted by Crippen LogP contribution is 2.33. The van der Waals surface area contributed by atoms with Crippen molar-refractivity contribution in [3.63, 3.8) is 0 Å². The molecule has 8 heteroatoms. The van der Waals surface area contributed by atoms with Crippen LogP contribution in [0, 0.1) is 6.92 Å². The number of ether oxygens (including phenoxy) is 1. The zero-order valence-electron chi connectivity index (χ0n) is 15.9. The molecule has 4 N–H and O–H groups in total. The molecule has 1 aliphatic rings. The fourth-order valence-corrected chi connectivity index (χ4v) is 3.25. The fourth-order valence-electron chi connectivity index (χ4n) is 3.25. The lowest BCUT2D eigenvalue weighted by Gasteiger charge is -2.27. The first-order valence-corrected chi connectivity index (χ1v) is 9.03. The molecule has 146 valence electrons. The number of aliphatic hydroxyl groups is 2. The van der Waals surface area contributed by atoms with Crippen molar-refractivity contribution in [3.8, 4) is 0 Å². The largest absolute Gasteiger partial charge is 0.394 e. The van der Waals surface area contributed by atoms with Crippen LogP contribution in [0.3, 0.4) is 0 Å². The molecule has 8 nitrogen and oxygen atoms in total. The maximum atomic E-state index is 10.0. The number of aromatic nitrogens is 2. The third kappa shape index (κ3) is 4.13. The van der Waals surface area contributed by atoms with Crippen LogP contribution in [0.5, 0.6) is 0 Å². The summed E-state index contributed by atoms with van der Waals surface area (Å²) in [5.41, 5.74) is 3.16. The highest BCUT2D eigenvalue weighted by atomic mass is 16.5. The Kier molecular flexibility index (Phi) is 6.10. The molecule has 0 aliphatic carbocycles. The molecule has 27 heavy (non-hydrogen) atoms. The molecule has 0 saturated carbocycles. The van der Waals surface area contributed by atoms with Gasteiger partial charge in [-0.3, -0.25) is 0 Å². The van der Waals surface area contributed by atoms with Crippen LogP contribution < -0.4 is 15.5 Å². The summed E-state index contributed by atoms with van der Waals surface area (Å²) in [4.78, 5) is 10.6. The van der Waals surface area contributed by atoms with E-state index in [1.54, 1.807) is 0 Å². The molecule has 1 saturated heterocycles. The van der Waals surface area contributed by atoms with Crippen LogP contribution in [0.1, 0.15) is 17.5 Å². The first kappa shape index (κ1) is 19.3. The third-order valence-corrected chi connectivity index (χ3v) is 4.93. The zero-order valence-corrected chi connectivity index (χ0v) is 15.9. The van der Waals surface area contributed by atoms with Gasteiger partial charge in [-0.1, -0.05) is 24.3 Å². The molecule has 2 aromatic rings. The van der Waals surface area contributed by atoms with Gasteiger partial charge < -0.3 is 30.5 Å². The van der Waals surface area contributed by atoms with Gasteiger partial charge in [-0.25, -0.2) is 9.97 Å². The van der Waals surface area contributed by atoms with E-state index in [4.69, 9.17) is 4.74 Å². The van der Waals surface area contributed by atoms with Gasteiger partial charge in [0.2, 0.25) is 0 Å². The maximum Gasteiger partial charge on any atom is 0.159 e. The summed E-state index contributed by atoms with van der Waals surface area (Å²) in [6.45, 7) is 2.51. The molecule has 0 radical (unpaired) electrons. The van der Waals surface area contributed by atoms with Crippen molar-refractivity contribution >= 4 is 17.3 Å². The molecule has 1 aliphatic heterocycles. The molecule has 0 spiro atoms. The van der Waals surface area contributed by atoms with Crippen molar-refractivity contribution in [1.82, 2.24) is 9.97 Å². The minimum absolute atomic E-state index is 0.211. The smallest absolute Gasteiger partial charge is 0.159 e. The van der Waals surface area contributed by atoms with Crippen LogP contribution in [0.25, 0.3) is 0 Å². The molecular weight excluding hydrogens is 346 g/mol. The van der Waals surface area contributed by atoms with Gasteiger partial charge in [0.25, 0.3) is 0 Å². The molecule has 0 bridgehead atoms. The van der Waals surface area contributed by atoms with Crippen molar-refractivity contribution in [2.75, 3.05) is 36.2 Å². The van der Waals surface area contributed by atoms with Crippen molar-refractivity contribution in [1.29, 1.82) is 0 Å². The average Bonchev–Trinajstić information content (AvgIpc) is 3.07. The van der Waals surface area contributed by atoms with Crippen LogP contribution in [-0.4, -0.2) is 59.3 Å². The maximum absolute atomic E-state index is 10.0. The Hall–Kier alpha value is -2.42. The Bertz CT molecular complexity index is 773. The quantitative estimate of drug-likeness (QED) is 0.577. The number of rotatable bonds is 7. The fraction of sp³-hybridized carbons (Fsp3) is 0.474. The van der Waals surface area contributed by atoms with E-state index in [0.717, 1.165) is 5.69 Å². The summed E-state index contributed by atoms with van der Waals surface area (Å²) >= 11 is 0. The predicted octanol–water partition coefficient (Wildman–Crippen LogP) is 1.34. The normalized spacial score (nSPS) is 21.9. The summed E-state index contributed by atoms with van der Waals surface area (Å²) in [5, 5.41) is 25.8. The molecular formula is C19H27N5O3. The van der Waals surface area contributed by atoms with Crippen LogP contribution in [0.4, 0.5) is 17.3 Å².